The molecule has 0 atom stereocenters. The van der Waals surface area contributed by atoms with E-state index in [2.05, 4.69) is 131 Å². The van der Waals surface area contributed by atoms with Gasteiger partial charge in [0.05, 0.1) is 38.7 Å². The Morgan fingerprint density at radius 2 is 1.27 bits per heavy atom. The Hall–Kier alpha value is -7.11. The van der Waals surface area contributed by atoms with Crippen molar-refractivity contribution in [3.63, 3.8) is 0 Å². The topological polar surface area (TPSA) is 49.0 Å². The summed E-state index contributed by atoms with van der Waals surface area (Å²) in [6.07, 6.45) is 5.72. The summed E-state index contributed by atoms with van der Waals surface area (Å²) in [5, 5.41) is 8.99. The largest absolute Gasteiger partial charge is 0.456 e. The SMILES string of the molecule is C=C/C=C\C(=C)n1c2ccccc2c2c3c4ccccc4n(-c4c(-c5nc6ccccc6o5)ccc5oc6cc7ccccc7cc6c45)c3ccc21. The molecule has 0 bridgehead atoms. The number of aromatic nitrogens is 3. The third kappa shape index (κ3) is 3.90. The number of hydrogen-bond donors (Lipinski definition) is 0. The van der Waals surface area contributed by atoms with E-state index in [1.807, 2.05) is 36.4 Å². The van der Waals surface area contributed by atoms with Gasteiger partial charge in [0.1, 0.15) is 16.7 Å². The van der Waals surface area contributed by atoms with Gasteiger partial charge < -0.3 is 18.0 Å². The summed E-state index contributed by atoms with van der Waals surface area (Å²) in [6.45, 7) is 8.35. The van der Waals surface area contributed by atoms with E-state index in [1.54, 1.807) is 6.08 Å². The molecule has 0 saturated carbocycles. The molecule has 244 valence electrons. The van der Waals surface area contributed by atoms with Gasteiger partial charge in [-0.1, -0.05) is 98.1 Å². The monoisotopic (exact) mass is 667 g/mol. The first-order valence-electron chi connectivity index (χ1n) is 17.4. The van der Waals surface area contributed by atoms with Crippen LogP contribution in [0.5, 0.6) is 0 Å². The molecule has 0 amide bonds. The van der Waals surface area contributed by atoms with Crippen LogP contribution in [0.25, 0.3) is 110 Å². The van der Waals surface area contributed by atoms with Crippen LogP contribution in [0, 0.1) is 0 Å². The number of oxazole rings is 1. The number of benzene rings is 7. The van der Waals surface area contributed by atoms with E-state index in [0.29, 0.717) is 5.89 Å². The molecule has 0 aliphatic heterocycles. The summed E-state index contributed by atoms with van der Waals surface area (Å²) in [4.78, 5) is 5.04. The average Bonchev–Trinajstić information content (AvgIpc) is 3.94. The molecule has 11 aromatic rings. The average molecular weight is 668 g/mol. The second kappa shape index (κ2) is 10.7. The van der Waals surface area contributed by atoms with Crippen molar-refractivity contribution in [2.75, 3.05) is 0 Å². The fourth-order valence-corrected chi connectivity index (χ4v) is 8.25. The van der Waals surface area contributed by atoms with Gasteiger partial charge in [0.25, 0.3) is 0 Å². The first-order chi connectivity index (χ1) is 25.7. The van der Waals surface area contributed by atoms with E-state index in [1.165, 1.54) is 10.8 Å². The van der Waals surface area contributed by atoms with Crippen LogP contribution in [0.1, 0.15) is 0 Å². The van der Waals surface area contributed by atoms with Crippen LogP contribution < -0.4 is 0 Å². The molecule has 0 radical (unpaired) electrons. The molecule has 0 N–H and O–H groups in total. The molecule has 0 saturated heterocycles. The number of allylic oxidation sites excluding steroid dienone is 4. The number of rotatable bonds is 5. The maximum absolute atomic E-state index is 6.67. The summed E-state index contributed by atoms with van der Waals surface area (Å²) in [5.74, 6) is 0.558. The Labute approximate surface area is 297 Å². The van der Waals surface area contributed by atoms with E-state index in [-0.39, 0.29) is 0 Å². The Morgan fingerprint density at radius 3 is 2.10 bits per heavy atom. The molecule has 0 aliphatic rings. The van der Waals surface area contributed by atoms with Crippen molar-refractivity contribution in [2.45, 2.75) is 0 Å². The predicted molar refractivity (Wildman–Crippen MR) is 216 cm³/mol. The number of fused-ring (bicyclic) bond motifs is 12. The second-order valence-electron chi connectivity index (χ2n) is 13.3. The van der Waals surface area contributed by atoms with Gasteiger partial charge in [-0.2, -0.15) is 0 Å². The van der Waals surface area contributed by atoms with Gasteiger partial charge >= 0.3 is 0 Å². The van der Waals surface area contributed by atoms with Crippen LogP contribution in [-0.4, -0.2) is 14.1 Å². The van der Waals surface area contributed by atoms with Gasteiger partial charge in [0.15, 0.2) is 5.58 Å². The van der Waals surface area contributed by atoms with Crippen LogP contribution in [0.15, 0.2) is 174 Å². The number of furan rings is 1. The molecule has 4 aromatic heterocycles. The van der Waals surface area contributed by atoms with Crippen LogP contribution in [0.3, 0.4) is 0 Å². The third-order valence-corrected chi connectivity index (χ3v) is 10.4. The molecule has 5 heteroatoms. The van der Waals surface area contributed by atoms with Crippen LogP contribution in [0.4, 0.5) is 0 Å². The maximum atomic E-state index is 6.67. The molecule has 5 nitrogen and oxygen atoms in total. The molecule has 11 rings (SSSR count). The van der Waals surface area contributed by atoms with Gasteiger partial charge in [-0.3, -0.25) is 0 Å². The zero-order valence-electron chi connectivity index (χ0n) is 28.0. The van der Waals surface area contributed by atoms with Crippen molar-refractivity contribution < 1.29 is 8.83 Å². The van der Waals surface area contributed by atoms with Crippen molar-refractivity contribution in [3.8, 4) is 17.1 Å². The van der Waals surface area contributed by atoms with Crippen LogP contribution >= 0.6 is 0 Å². The van der Waals surface area contributed by atoms with E-state index in [4.69, 9.17) is 13.8 Å². The lowest BCUT2D eigenvalue weighted by Gasteiger charge is -2.14. The molecule has 0 aliphatic carbocycles. The molecule has 0 unspecified atom stereocenters. The second-order valence-corrected chi connectivity index (χ2v) is 13.3. The Balaban J connectivity index is 1.34. The Bertz CT molecular complexity index is 3310. The minimum Gasteiger partial charge on any atom is -0.456 e. The fourth-order valence-electron chi connectivity index (χ4n) is 8.25. The zero-order chi connectivity index (χ0) is 34.5. The van der Waals surface area contributed by atoms with E-state index in [9.17, 15) is 0 Å². The highest BCUT2D eigenvalue weighted by Gasteiger charge is 2.26. The summed E-state index contributed by atoms with van der Waals surface area (Å²) < 4.78 is 17.8. The van der Waals surface area contributed by atoms with Crippen LogP contribution in [0.2, 0.25) is 0 Å². The predicted octanol–water partition coefficient (Wildman–Crippen LogP) is 13.0. The number of hydrogen-bond acceptors (Lipinski definition) is 3. The third-order valence-electron chi connectivity index (χ3n) is 10.4. The summed E-state index contributed by atoms with van der Waals surface area (Å²) >= 11 is 0. The van der Waals surface area contributed by atoms with Crippen molar-refractivity contribution in [1.82, 2.24) is 14.1 Å². The van der Waals surface area contributed by atoms with Crippen molar-refractivity contribution in [3.05, 3.63) is 165 Å². The van der Waals surface area contributed by atoms with Crippen molar-refractivity contribution in [2.24, 2.45) is 0 Å². The highest BCUT2D eigenvalue weighted by Crippen LogP contribution is 2.47. The first kappa shape index (κ1) is 28.7. The van der Waals surface area contributed by atoms with Gasteiger partial charge in [-0.05, 0) is 77.5 Å². The van der Waals surface area contributed by atoms with Crippen molar-refractivity contribution in [1.29, 1.82) is 0 Å². The van der Waals surface area contributed by atoms with Crippen LogP contribution in [-0.2, 0) is 0 Å². The molecule has 7 aromatic carbocycles. The highest BCUT2D eigenvalue weighted by atomic mass is 16.3. The molecule has 52 heavy (non-hydrogen) atoms. The minimum absolute atomic E-state index is 0.558. The fraction of sp³-hybridized carbons (Fsp3) is 0. The van der Waals surface area contributed by atoms with Gasteiger partial charge in [-0.15, -0.1) is 0 Å². The first-order valence-corrected chi connectivity index (χ1v) is 17.4. The van der Waals surface area contributed by atoms with Gasteiger partial charge in [-0.25, -0.2) is 4.98 Å². The Kier molecular flexibility index (Phi) is 5.90. The summed E-state index contributed by atoms with van der Waals surface area (Å²) in [6, 6.07) is 46.6. The maximum Gasteiger partial charge on any atom is 0.229 e. The summed E-state index contributed by atoms with van der Waals surface area (Å²) in [7, 11) is 0. The van der Waals surface area contributed by atoms with Gasteiger partial charge in [0, 0.05) is 32.6 Å². The van der Waals surface area contributed by atoms with E-state index in [0.717, 1.165) is 93.6 Å². The molecule has 0 spiro atoms. The van der Waals surface area contributed by atoms with E-state index >= 15 is 0 Å². The van der Waals surface area contributed by atoms with Gasteiger partial charge in [0.2, 0.25) is 5.89 Å². The highest BCUT2D eigenvalue weighted by molar-refractivity contribution is 6.30. The molecular weight excluding hydrogens is 639 g/mol. The molecular formula is C47H29N3O2. The lowest BCUT2D eigenvalue weighted by atomic mass is 10.0. The smallest absolute Gasteiger partial charge is 0.229 e. The normalized spacial score (nSPS) is 12.3. The summed E-state index contributed by atoms with van der Waals surface area (Å²) in [5.41, 5.74) is 10.2. The van der Waals surface area contributed by atoms with E-state index < -0.39 is 0 Å². The number of para-hydroxylation sites is 4. The Morgan fingerprint density at radius 1 is 0.577 bits per heavy atom. The molecule has 4 heterocycles. The number of nitrogens with zero attached hydrogens (tertiary/aromatic N) is 3. The lowest BCUT2D eigenvalue weighted by Crippen LogP contribution is -1.99. The molecule has 0 fully saturated rings. The minimum atomic E-state index is 0.558. The zero-order valence-corrected chi connectivity index (χ0v) is 28.0. The van der Waals surface area contributed by atoms with Crippen molar-refractivity contribution >= 4 is 93.1 Å². The standard InChI is InChI=1S/C47H29N3O2/c1-3-4-13-28(2)49-36-19-10-7-16-31(36)43-38(49)23-24-39-44(43)32-17-8-11-20-37(32)50(39)46-33(47-48-35-18-9-12-21-40(35)52-47)22-25-41-45(46)34-26-29-14-5-6-15-30(29)27-42(34)51-41/h3-27H,1-2H2/b13-4-. The lowest BCUT2D eigenvalue weighted by molar-refractivity contribution is 0.619. The quantitative estimate of drug-likeness (QED) is 0.172.